The first-order chi connectivity index (χ1) is 7.77. The average molecular weight is 219 g/mol. The van der Waals surface area contributed by atoms with Crippen LogP contribution >= 0.6 is 0 Å². The van der Waals surface area contributed by atoms with Gasteiger partial charge < -0.3 is 10.1 Å². The Labute approximate surface area is 98.0 Å². The van der Waals surface area contributed by atoms with E-state index >= 15 is 0 Å². The molecule has 1 saturated heterocycles. The summed E-state index contributed by atoms with van der Waals surface area (Å²) in [6.07, 6.45) is 2.72. The highest BCUT2D eigenvalue weighted by molar-refractivity contribution is 5.31. The summed E-state index contributed by atoms with van der Waals surface area (Å²) in [7, 11) is 0. The number of benzene rings is 1. The maximum Gasteiger partial charge on any atom is 0.122 e. The zero-order valence-electron chi connectivity index (χ0n) is 10.2. The van der Waals surface area contributed by atoms with Gasteiger partial charge in [0.05, 0.1) is 0 Å². The summed E-state index contributed by atoms with van der Waals surface area (Å²) in [5.74, 6) is 1.63. The van der Waals surface area contributed by atoms with Gasteiger partial charge in [-0.05, 0) is 37.9 Å². The van der Waals surface area contributed by atoms with Gasteiger partial charge in [-0.15, -0.1) is 0 Å². The van der Waals surface area contributed by atoms with Gasteiger partial charge >= 0.3 is 0 Å². The van der Waals surface area contributed by atoms with Crippen molar-refractivity contribution in [2.75, 3.05) is 13.1 Å². The minimum absolute atomic E-state index is 0.357. The molecule has 0 bridgehead atoms. The molecular formula is C14H21NO. The molecule has 2 nitrogen and oxygen atoms in total. The lowest BCUT2D eigenvalue weighted by Gasteiger charge is -2.23. The van der Waals surface area contributed by atoms with Gasteiger partial charge in [0, 0.05) is 12.5 Å². The Morgan fingerprint density at radius 2 is 2.12 bits per heavy atom. The molecule has 0 radical (unpaired) electrons. The molecule has 16 heavy (non-hydrogen) atoms. The van der Waals surface area contributed by atoms with Gasteiger partial charge in [-0.3, -0.25) is 0 Å². The van der Waals surface area contributed by atoms with E-state index in [-0.39, 0.29) is 0 Å². The van der Waals surface area contributed by atoms with Crippen molar-refractivity contribution in [1.82, 2.24) is 5.32 Å². The second-order valence-electron chi connectivity index (χ2n) is 4.75. The summed E-state index contributed by atoms with van der Waals surface area (Å²) >= 11 is 0. The van der Waals surface area contributed by atoms with Crippen molar-refractivity contribution in [3.05, 3.63) is 29.8 Å². The number of ether oxygens (including phenoxy) is 1. The fourth-order valence-electron chi connectivity index (χ4n) is 2.20. The van der Waals surface area contributed by atoms with Gasteiger partial charge in [-0.2, -0.15) is 0 Å². The lowest BCUT2D eigenvalue weighted by molar-refractivity contribution is 0.140. The molecule has 1 aliphatic heterocycles. The molecule has 1 aliphatic rings. The van der Waals surface area contributed by atoms with Crippen molar-refractivity contribution >= 4 is 0 Å². The number of rotatable bonds is 2. The Morgan fingerprint density at radius 1 is 1.31 bits per heavy atom. The van der Waals surface area contributed by atoms with Crippen LogP contribution < -0.4 is 10.1 Å². The topological polar surface area (TPSA) is 21.3 Å². The summed E-state index contributed by atoms with van der Waals surface area (Å²) in [4.78, 5) is 0. The van der Waals surface area contributed by atoms with Crippen LogP contribution in [-0.2, 0) is 0 Å². The van der Waals surface area contributed by atoms with Crippen LogP contribution in [0.15, 0.2) is 24.3 Å². The van der Waals surface area contributed by atoms with E-state index in [1.54, 1.807) is 0 Å². The SMILES string of the molecule is Cc1ccccc1OC1CCCNCC1C. The van der Waals surface area contributed by atoms with Crippen LogP contribution in [-0.4, -0.2) is 19.2 Å². The van der Waals surface area contributed by atoms with Gasteiger partial charge in [0.2, 0.25) is 0 Å². The second-order valence-corrected chi connectivity index (χ2v) is 4.75. The van der Waals surface area contributed by atoms with Crippen molar-refractivity contribution < 1.29 is 4.74 Å². The molecule has 1 aromatic carbocycles. The standard InChI is InChI=1S/C14H21NO/c1-11-6-3-4-7-13(11)16-14-8-5-9-15-10-12(14)2/h3-4,6-7,12,14-15H,5,8-10H2,1-2H3. The largest absolute Gasteiger partial charge is 0.490 e. The first-order valence-electron chi connectivity index (χ1n) is 6.20. The zero-order chi connectivity index (χ0) is 11.4. The molecule has 2 rings (SSSR count). The van der Waals surface area contributed by atoms with Gasteiger partial charge in [-0.1, -0.05) is 25.1 Å². The Balaban J connectivity index is 2.05. The molecule has 0 spiro atoms. The molecule has 1 heterocycles. The third-order valence-electron chi connectivity index (χ3n) is 3.32. The maximum atomic E-state index is 6.14. The predicted octanol–water partition coefficient (Wildman–Crippen LogP) is 2.76. The molecule has 2 atom stereocenters. The second kappa shape index (κ2) is 5.35. The Hall–Kier alpha value is -1.02. The third-order valence-corrected chi connectivity index (χ3v) is 3.32. The number of para-hydroxylation sites is 1. The molecule has 0 aliphatic carbocycles. The normalized spacial score (nSPS) is 26.1. The van der Waals surface area contributed by atoms with Crippen molar-refractivity contribution in [3.8, 4) is 5.75 Å². The fourth-order valence-corrected chi connectivity index (χ4v) is 2.20. The molecule has 0 aromatic heterocycles. The van der Waals surface area contributed by atoms with Gasteiger partial charge in [0.25, 0.3) is 0 Å². The number of hydrogen-bond donors (Lipinski definition) is 1. The minimum Gasteiger partial charge on any atom is -0.490 e. The lowest BCUT2D eigenvalue weighted by atomic mass is 10.0. The molecule has 1 fully saturated rings. The van der Waals surface area contributed by atoms with Crippen molar-refractivity contribution in [2.24, 2.45) is 5.92 Å². The molecule has 2 unspecified atom stereocenters. The van der Waals surface area contributed by atoms with Gasteiger partial charge in [0.15, 0.2) is 0 Å². The van der Waals surface area contributed by atoms with Crippen LogP contribution in [0.5, 0.6) is 5.75 Å². The number of hydrogen-bond acceptors (Lipinski definition) is 2. The molecule has 0 amide bonds. The van der Waals surface area contributed by atoms with E-state index in [1.165, 1.54) is 12.0 Å². The number of aryl methyl sites for hydroxylation is 1. The van der Waals surface area contributed by atoms with Crippen molar-refractivity contribution in [1.29, 1.82) is 0 Å². The van der Waals surface area contributed by atoms with Crippen LogP contribution in [0.25, 0.3) is 0 Å². The van der Waals surface area contributed by atoms with Crippen LogP contribution in [0.2, 0.25) is 0 Å². The Kier molecular flexibility index (Phi) is 3.83. The average Bonchev–Trinajstić information content (AvgIpc) is 2.48. The lowest BCUT2D eigenvalue weighted by Crippen LogP contribution is -2.29. The van der Waals surface area contributed by atoms with Crippen LogP contribution in [0, 0.1) is 12.8 Å². The Bertz CT molecular complexity index is 337. The predicted molar refractivity (Wildman–Crippen MR) is 66.9 cm³/mol. The highest BCUT2D eigenvalue weighted by Crippen LogP contribution is 2.23. The molecule has 88 valence electrons. The fraction of sp³-hybridized carbons (Fsp3) is 0.571. The zero-order valence-corrected chi connectivity index (χ0v) is 10.2. The van der Waals surface area contributed by atoms with Crippen LogP contribution in [0.1, 0.15) is 25.3 Å². The van der Waals surface area contributed by atoms with E-state index in [0.29, 0.717) is 12.0 Å². The Morgan fingerprint density at radius 3 is 2.94 bits per heavy atom. The summed E-state index contributed by atoms with van der Waals surface area (Å²) in [6, 6.07) is 8.28. The van der Waals surface area contributed by atoms with E-state index in [4.69, 9.17) is 4.74 Å². The summed E-state index contributed by atoms with van der Waals surface area (Å²) in [5.41, 5.74) is 1.23. The monoisotopic (exact) mass is 219 g/mol. The molecule has 1 aromatic rings. The highest BCUT2D eigenvalue weighted by atomic mass is 16.5. The quantitative estimate of drug-likeness (QED) is 0.826. The van der Waals surface area contributed by atoms with Crippen LogP contribution in [0.4, 0.5) is 0 Å². The van der Waals surface area contributed by atoms with Gasteiger partial charge in [0.1, 0.15) is 11.9 Å². The van der Waals surface area contributed by atoms with Crippen molar-refractivity contribution in [3.63, 3.8) is 0 Å². The molecule has 1 N–H and O–H groups in total. The van der Waals surface area contributed by atoms with Gasteiger partial charge in [-0.25, -0.2) is 0 Å². The first kappa shape index (κ1) is 11.5. The minimum atomic E-state index is 0.357. The molecular weight excluding hydrogens is 198 g/mol. The van der Waals surface area contributed by atoms with Crippen LogP contribution in [0.3, 0.4) is 0 Å². The first-order valence-corrected chi connectivity index (χ1v) is 6.20. The third kappa shape index (κ3) is 2.76. The number of nitrogens with one attached hydrogen (secondary N) is 1. The molecule has 2 heteroatoms. The van der Waals surface area contributed by atoms with E-state index in [9.17, 15) is 0 Å². The smallest absolute Gasteiger partial charge is 0.122 e. The van der Waals surface area contributed by atoms with E-state index in [0.717, 1.165) is 25.3 Å². The molecule has 0 saturated carbocycles. The van der Waals surface area contributed by atoms with E-state index in [1.807, 2.05) is 6.07 Å². The van der Waals surface area contributed by atoms with E-state index < -0.39 is 0 Å². The summed E-state index contributed by atoms with van der Waals surface area (Å²) in [6.45, 7) is 6.56. The maximum absolute atomic E-state index is 6.14. The highest BCUT2D eigenvalue weighted by Gasteiger charge is 2.21. The van der Waals surface area contributed by atoms with E-state index in [2.05, 4.69) is 37.4 Å². The van der Waals surface area contributed by atoms with Crippen molar-refractivity contribution in [2.45, 2.75) is 32.8 Å². The summed E-state index contributed by atoms with van der Waals surface area (Å²) < 4.78 is 6.14. The summed E-state index contributed by atoms with van der Waals surface area (Å²) in [5, 5.41) is 3.45.